The van der Waals surface area contributed by atoms with Crippen LogP contribution >= 0.6 is 0 Å². The van der Waals surface area contributed by atoms with Crippen molar-refractivity contribution in [3.05, 3.63) is 76.3 Å². The lowest BCUT2D eigenvalue weighted by Crippen LogP contribution is -2.18. The quantitative estimate of drug-likeness (QED) is 0.752. The summed E-state index contributed by atoms with van der Waals surface area (Å²) < 4.78 is 5.37. The first-order valence-electron chi connectivity index (χ1n) is 7.36. The molecule has 2 aromatic carbocycles. The maximum absolute atomic E-state index is 12.0. The lowest BCUT2D eigenvalue weighted by molar-refractivity contribution is -0.148. The van der Waals surface area contributed by atoms with E-state index in [1.807, 2.05) is 36.4 Å². The lowest BCUT2D eigenvalue weighted by atomic mass is 10.1. The standard InChI is InChI=1S/C18H16N2O3/c1-12(23-16(21)11-13-7-3-2-4-8-13)17-19-15-10-6-5-9-14(15)18(22)20-17/h2-10,12H,11H2,1H3,(H,19,20,22)/t12-/m1/s1. The first-order valence-corrected chi connectivity index (χ1v) is 7.36. The minimum atomic E-state index is -0.622. The second kappa shape index (κ2) is 6.44. The van der Waals surface area contributed by atoms with Crippen molar-refractivity contribution >= 4 is 16.9 Å². The fourth-order valence-corrected chi connectivity index (χ4v) is 2.35. The van der Waals surface area contributed by atoms with Gasteiger partial charge >= 0.3 is 5.97 Å². The predicted molar refractivity (Wildman–Crippen MR) is 87.0 cm³/mol. The molecule has 0 fully saturated rings. The summed E-state index contributed by atoms with van der Waals surface area (Å²) in [6.07, 6.45) is -0.438. The molecule has 23 heavy (non-hydrogen) atoms. The molecule has 0 saturated heterocycles. The highest BCUT2D eigenvalue weighted by Crippen LogP contribution is 2.15. The minimum Gasteiger partial charge on any atom is -0.454 e. The Morgan fingerprint density at radius 3 is 2.61 bits per heavy atom. The number of carbonyl (C=O) groups is 1. The fourth-order valence-electron chi connectivity index (χ4n) is 2.35. The molecule has 3 rings (SSSR count). The van der Waals surface area contributed by atoms with Crippen molar-refractivity contribution in [2.75, 3.05) is 0 Å². The summed E-state index contributed by atoms with van der Waals surface area (Å²) in [4.78, 5) is 31.1. The SMILES string of the molecule is C[C@@H](OC(=O)Cc1ccccc1)c1nc2ccccc2c(=O)[nH]1. The van der Waals surface area contributed by atoms with Crippen molar-refractivity contribution in [3.8, 4) is 0 Å². The van der Waals surface area contributed by atoms with Gasteiger partial charge in [-0.25, -0.2) is 4.98 Å². The molecule has 0 aliphatic carbocycles. The van der Waals surface area contributed by atoms with Crippen molar-refractivity contribution in [2.24, 2.45) is 0 Å². The van der Waals surface area contributed by atoms with Crippen LogP contribution in [0.1, 0.15) is 24.4 Å². The third kappa shape index (κ3) is 3.45. The number of nitrogens with one attached hydrogen (secondary N) is 1. The van der Waals surface area contributed by atoms with Gasteiger partial charge in [0.15, 0.2) is 11.9 Å². The molecule has 1 atom stereocenters. The average Bonchev–Trinajstić information content (AvgIpc) is 2.55. The van der Waals surface area contributed by atoms with Gasteiger partial charge in [0, 0.05) is 0 Å². The van der Waals surface area contributed by atoms with Crippen molar-refractivity contribution in [2.45, 2.75) is 19.4 Å². The Bertz CT molecular complexity index is 887. The summed E-state index contributed by atoms with van der Waals surface area (Å²) in [5, 5.41) is 0.513. The van der Waals surface area contributed by atoms with Gasteiger partial charge in [0.2, 0.25) is 0 Å². The Hall–Kier alpha value is -2.95. The maximum Gasteiger partial charge on any atom is 0.310 e. The molecule has 0 aliphatic heterocycles. The third-order valence-electron chi connectivity index (χ3n) is 3.52. The second-order valence-corrected chi connectivity index (χ2v) is 5.26. The molecule has 5 nitrogen and oxygen atoms in total. The first kappa shape index (κ1) is 15.0. The number of nitrogens with zero attached hydrogens (tertiary/aromatic N) is 1. The van der Waals surface area contributed by atoms with Crippen LogP contribution in [0, 0.1) is 0 Å². The van der Waals surface area contributed by atoms with E-state index < -0.39 is 6.10 Å². The van der Waals surface area contributed by atoms with Gasteiger partial charge in [-0.2, -0.15) is 0 Å². The Morgan fingerprint density at radius 2 is 1.83 bits per heavy atom. The molecule has 0 bridgehead atoms. The summed E-state index contributed by atoms with van der Waals surface area (Å²) in [6, 6.07) is 16.4. The number of para-hydroxylation sites is 1. The van der Waals surface area contributed by atoms with Crippen LogP contribution in [0.5, 0.6) is 0 Å². The molecule has 3 aromatic rings. The fraction of sp³-hybridized carbons (Fsp3) is 0.167. The van der Waals surface area contributed by atoms with Gasteiger partial charge in [-0.3, -0.25) is 9.59 Å². The Balaban J connectivity index is 1.76. The summed E-state index contributed by atoms with van der Waals surface area (Å²) in [5.41, 5.74) is 1.22. The molecule has 116 valence electrons. The molecule has 5 heteroatoms. The van der Waals surface area contributed by atoms with Crippen LogP contribution in [-0.4, -0.2) is 15.9 Å². The number of ether oxygens (including phenoxy) is 1. The van der Waals surface area contributed by atoms with Gasteiger partial charge in [0.1, 0.15) is 0 Å². The molecule has 1 N–H and O–H groups in total. The molecule has 1 aromatic heterocycles. The number of hydrogen-bond donors (Lipinski definition) is 1. The van der Waals surface area contributed by atoms with E-state index in [0.717, 1.165) is 5.56 Å². The van der Waals surface area contributed by atoms with E-state index in [9.17, 15) is 9.59 Å². The first-order chi connectivity index (χ1) is 11.1. The highest BCUT2D eigenvalue weighted by Gasteiger charge is 2.15. The normalized spacial score (nSPS) is 12.0. The summed E-state index contributed by atoms with van der Waals surface area (Å²) in [6.45, 7) is 1.69. The third-order valence-corrected chi connectivity index (χ3v) is 3.52. The maximum atomic E-state index is 12.0. The summed E-state index contributed by atoms with van der Waals surface area (Å²) in [5.74, 6) is -0.0189. The number of fused-ring (bicyclic) bond motifs is 1. The van der Waals surface area contributed by atoms with E-state index >= 15 is 0 Å². The van der Waals surface area contributed by atoms with Crippen molar-refractivity contribution < 1.29 is 9.53 Å². The summed E-state index contributed by atoms with van der Waals surface area (Å²) >= 11 is 0. The van der Waals surface area contributed by atoms with Gasteiger partial charge in [0.25, 0.3) is 5.56 Å². The molecule has 1 heterocycles. The zero-order chi connectivity index (χ0) is 16.2. The number of H-pyrrole nitrogens is 1. The smallest absolute Gasteiger partial charge is 0.310 e. The molecule has 0 saturated carbocycles. The zero-order valence-electron chi connectivity index (χ0n) is 12.7. The Morgan fingerprint density at radius 1 is 1.13 bits per heavy atom. The van der Waals surface area contributed by atoms with Crippen LogP contribution in [0.3, 0.4) is 0 Å². The summed E-state index contributed by atoms with van der Waals surface area (Å²) in [7, 11) is 0. The van der Waals surface area contributed by atoms with E-state index in [-0.39, 0.29) is 17.9 Å². The van der Waals surface area contributed by atoms with Crippen molar-refractivity contribution in [3.63, 3.8) is 0 Å². The van der Waals surface area contributed by atoms with Crippen LogP contribution in [0.15, 0.2) is 59.4 Å². The Kier molecular flexibility index (Phi) is 4.19. The number of aromatic amines is 1. The van der Waals surface area contributed by atoms with E-state index in [1.54, 1.807) is 25.1 Å². The number of carbonyl (C=O) groups excluding carboxylic acids is 1. The van der Waals surface area contributed by atoms with E-state index in [0.29, 0.717) is 16.7 Å². The highest BCUT2D eigenvalue weighted by molar-refractivity contribution is 5.77. The van der Waals surface area contributed by atoms with Crippen molar-refractivity contribution in [1.82, 2.24) is 9.97 Å². The molecule has 0 aliphatic rings. The van der Waals surface area contributed by atoms with E-state index in [1.165, 1.54) is 0 Å². The molecule has 0 unspecified atom stereocenters. The van der Waals surface area contributed by atoms with Crippen LogP contribution in [-0.2, 0) is 16.0 Å². The van der Waals surface area contributed by atoms with Crippen LogP contribution in [0.2, 0.25) is 0 Å². The van der Waals surface area contributed by atoms with Crippen LogP contribution < -0.4 is 5.56 Å². The van der Waals surface area contributed by atoms with Crippen LogP contribution in [0.4, 0.5) is 0 Å². The van der Waals surface area contributed by atoms with E-state index in [4.69, 9.17) is 4.74 Å². The lowest BCUT2D eigenvalue weighted by Gasteiger charge is -2.13. The predicted octanol–water partition coefficient (Wildman–Crippen LogP) is 2.77. The minimum absolute atomic E-state index is 0.184. The highest BCUT2D eigenvalue weighted by atomic mass is 16.5. The van der Waals surface area contributed by atoms with Gasteiger partial charge in [-0.15, -0.1) is 0 Å². The second-order valence-electron chi connectivity index (χ2n) is 5.26. The van der Waals surface area contributed by atoms with Gasteiger partial charge < -0.3 is 9.72 Å². The number of hydrogen-bond acceptors (Lipinski definition) is 4. The topological polar surface area (TPSA) is 72.0 Å². The number of esters is 1. The molecule has 0 radical (unpaired) electrons. The number of rotatable bonds is 4. The van der Waals surface area contributed by atoms with E-state index in [2.05, 4.69) is 9.97 Å². The van der Waals surface area contributed by atoms with Gasteiger partial charge in [-0.1, -0.05) is 42.5 Å². The zero-order valence-corrected chi connectivity index (χ0v) is 12.7. The van der Waals surface area contributed by atoms with Gasteiger partial charge in [-0.05, 0) is 24.6 Å². The largest absolute Gasteiger partial charge is 0.454 e. The molecule has 0 spiro atoms. The van der Waals surface area contributed by atoms with Crippen molar-refractivity contribution in [1.29, 1.82) is 0 Å². The number of benzene rings is 2. The monoisotopic (exact) mass is 308 g/mol. The molecule has 0 amide bonds. The molecular weight excluding hydrogens is 292 g/mol. The Labute approximate surface area is 133 Å². The average molecular weight is 308 g/mol. The number of aromatic nitrogens is 2. The van der Waals surface area contributed by atoms with Crippen LogP contribution in [0.25, 0.3) is 10.9 Å². The van der Waals surface area contributed by atoms with Gasteiger partial charge in [0.05, 0.1) is 17.3 Å². The molecular formula is C18H16N2O3.